The van der Waals surface area contributed by atoms with Crippen LogP contribution < -0.4 is 0 Å². The van der Waals surface area contributed by atoms with Crippen molar-refractivity contribution in [1.29, 1.82) is 0 Å². The van der Waals surface area contributed by atoms with E-state index >= 15 is 0 Å². The van der Waals surface area contributed by atoms with Crippen LogP contribution in [0.15, 0.2) is 18.2 Å². The second kappa shape index (κ2) is 4.22. The summed E-state index contributed by atoms with van der Waals surface area (Å²) in [6.07, 6.45) is 8.15. The van der Waals surface area contributed by atoms with Gasteiger partial charge in [0.25, 0.3) is 0 Å². The molecule has 1 atom stereocenters. The molecule has 1 aliphatic rings. The van der Waals surface area contributed by atoms with Crippen molar-refractivity contribution >= 4 is 6.08 Å². The zero-order valence-electron chi connectivity index (χ0n) is 10.0. The van der Waals surface area contributed by atoms with Gasteiger partial charge >= 0.3 is 0 Å². The van der Waals surface area contributed by atoms with E-state index in [1.54, 1.807) is 11.1 Å². The summed E-state index contributed by atoms with van der Waals surface area (Å²) in [6.45, 7) is 6.85. The lowest BCUT2D eigenvalue weighted by atomic mass is 9.81. The summed E-state index contributed by atoms with van der Waals surface area (Å²) in [5.41, 5.74) is 6.17. The molecular formula is C15H20. The second-order valence-corrected chi connectivity index (χ2v) is 4.46. The maximum absolute atomic E-state index is 2.35. The highest BCUT2D eigenvalue weighted by Crippen LogP contribution is 2.34. The predicted molar refractivity (Wildman–Crippen MR) is 67.3 cm³/mol. The van der Waals surface area contributed by atoms with Gasteiger partial charge < -0.3 is 0 Å². The van der Waals surface area contributed by atoms with Crippen LogP contribution in [0.5, 0.6) is 0 Å². The van der Waals surface area contributed by atoms with Gasteiger partial charge in [-0.1, -0.05) is 45.1 Å². The second-order valence-electron chi connectivity index (χ2n) is 4.46. The Kier molecular flexibility index (Phi) is 2.95. The molecule has 0 nitrogen and oxygen atoms in total. The van der Waals surface area contributed by atoms with Gasteiger partial charge in [-0.25, -0.2) is 0 Å². The first-order chi connectivity index (χ1) is 7.27. The average Bonchev–Trinajstić information content (AvgIpc) is 2.28. The third-order valence-electron chi connectivity index (χ3n) is 3.50. The Morgan fingerprint density at radius 1 is 1.13 bits per heavy atom. The first-order valence-electron chi connectivity index (χ1n) is 6.09. The fraction of sp³-hybridized carbons (Fsp3) is 0.467. The van der Waals surface area contributed by atoms with Crippen molar-refractivity contribution in [2.75, 3.05) is 0 Å². The molecule has 0 N–H and O–H groups in total. The Morgan fingerprint density at radius 2 is 1.80 bits per heavy atom. The number of aryl methyl sites for hydroxylation is 2. The van der Waals surface area contributed by atoms with E-state index in [2.05, 4.69) is 45.1 Å². The fourth-order valence-corrected chi connectivity index (χ4v) is 2.63. The highest BCUT2D eigenvalue weighted by molar-refractivity contribution is 5.63. The minimum absolute atomic E-state index is 0.700. The summed E-state index contributed by atoms with van der Waals surface area (Å²) in [5.74, 6) is 0.700. The van der Waals surface area contributed by atoms with Crippen LogP contribution in [0.1, 0.15) is 55.4 Å². The first-order valence-corrected chi connectivity index (χ1v) is 6.09. The lowest BCUT2D eigenvalue weighted by molar-refractivity contribution is 0.754. The zero-order chi connectivity index (χ0) is 10.8. The monoisotopic (exact) mass is 200 g/mol. The Hall–Kier alpha value is -1.04. The van der Waals surface area contributed by atoms with Crippen LogP contribution in [0.2, 0.25) is 0 Å². The minimum Gasteiger partial charge on any atom is -0.0833 e. The molecular weight excluding hydrogens is 180 g/mol. The van der Waals surface area contributed by atoms with Gasteiger partial charge in [-0.15, -0.1) is 0 Å². The van der Waals surface area contributed by atoms with Crippen LogP contribution in [0.3, 0.4) is 0 Å². The minimum atomic E-state index is 0.700. The molecule has 1 aromatic carbocycles. The van der Waals surface area contributed by atoms with Gasteiger partial charge in [-0.05, 0) is 47.4 Å². The van der Waals surface area contributed by atoms with E-state index in [0.717, 1.165) is 12.8 Å². The summed E-state index contributed by atoms with van der Waals surface area (Å²) in [7, 11) is 0. The Bertz CT molecular complexity index is 385. The zero-order valence-corrected chi connectivity index (χ0v) is 10.0. The van der Waals surface area contributed by atoms with E-state index in [1.807, 2.05) is 0 Å². The molecule has 0 spiro atoms. The number of allylic oxidation sites excluding steroid dienone is 1. The number of rotatable bonds is 2. The fourth-order valence-electron chi connectivity index (χ4n) is 2.63. The van der Waals surface area contributed by atoms with Crippen molar-refractivity contribution in [3.63, 3.8) is 0 Å². The predicted octanol–water partition coefficient (Wildman–Crippen LogP) is 4.33. The lowest BCUT2D eigenvalue weighted by Crippen LogP contribution is -2.07. The number of hydrogen-bond acceptors (Lipinski definition) is 0. The van der Waals surface area contributed by atoms with Crippen molar-refractivity contribution < 1.29 is 0 Å². The van der Waals surface area contributed by atoms with Crippen LogP contribution >= 0.6 is 0 Å². The van der Waals surface area contributed by atoms with E-state index in [9.17, 15) is 0 Å². The van der Waals surface area contributed by atoms with Crippen molar-refractivity contribution in [3.05, 3.63) is 40.5 Å². The van der Waals surface area contributed by atoms with E-state index < -0.39 is 0 Å². The third kappa shape index (κ3) is 1.73. The molecule has 0 heterocycles. The van der Waals surface area contributed by atoms with Gasteiger partial charge in [0.15, 0.2) is 0 Å². The van der Waals surface area contributed by atoms with Gasteiger partial charge in [-0.3, -0.25) is 0 Å². The van der Waals surface area contributed by atoms with Gasteiger partial charge in [0.1, 0.15) is 0 Å². The molecule has 0 saturated carbocycles. The molecule has 0 bridgehead atoms. The average molecular weight is 200 g/mol. The molecule has 2 rings (SSSR count). The summed E-state index contributed by atoms with van der Waals surface area (Å²) in [4.78, 5) is 0. The van der Waals surface area contributed by atoms with Crippen LogP contribution in [0, 0.1) is 0 Å². The number of fused-ring (bicyclic) bond motifs is 1. The highest BCUT2D eigenvalue weighted by atomic mass is 14.2. The van der Waals surface area contributed by atoms with Gasteiger partial charge in [0.2, 0.25) is 0 Å². The van der Waals surface area contributed by atoms with Gasteiger partial charge in [0, 0.05) is 0 Å². The normalized spacial score (nSPS) is 19.0. The number of benzene rings is 1. The van der Waals surface area contributed by atoms with Crippen molar-refractivity contribution in [1.82, 2.24) is 0 Å². The summed E-state index contributed by atoms with van der Waals surface area (Å²) >= 11 is 0. The quantitative estimate of drug-likeness (QED) is 0.666. The Balaban J connectivity index is 2.63. The van der Waals surface area contributed by atoms with Crippen molar-refractivity contribution in [2.45, 2.75) is 46.0 Å². The molecule has 0 aromatic heterocycles. The molecule has 1 aliphatic carbocycles. The van der Waals surface area contributed by atoms with Crippen molar-refractivity contribution in [2.24, 2.45) is 0 Å². The summed E-state index contributed by atoms with van der Waals surface area (Å²) in [5, 5.41) is 0. The SMILES string of the molecule is CCc1ccc(CC)c2c1C=CCC2C. The van der Waals surface area contributed by atoms with Crippen LogP contribution in [0.4, 0.5) is 0 Å². The van der Waals surface area contributed by atoms with Crippen LogP contribution in [0.25, 0.3) is 6.08 Å². The van der Waals surface area contributed by atoms with Gasteiger partial charge in [-0.2, -0.15) is 0 Å². The topological polar surface area (TPSA) is 0 Å². The molecule has 1 aromatic rings. The van der Waals surface area contributed by atoms with E-state index in [0.29, 0.717) is 5.92 Å². The molecule has 80 valence electrons. The molecule has 0 heteroatoms. The van der Waals surface area contributed by atoms with E-state index in [1.165, 1.54) is 17.5 Å². The maximum Gasteiger partial charge on any atom is -0.0147 e. The highest BCUT2D eigenvalue weighted by Gasteiger charge is 2.17. The lowest BCUT2D eigenvalue weighted by Gasteiger charge is -2.23. The summed E-state index contributed by atoms with van der Waals surface area (Å²) in [6, 6.07) is 4.63. The van der Waals surface area contributed by atoms with Gasteiger partial charge in [0.05, 0.1) is 0 Å². The largest absolute Gasteiger partial charge is 0.0833 e. The molecule has 0 aliphatic heterocycles. The molecule has 1 unspecified atom stereocenters. The Morgan fingerprint density at radius 3 is 2.47 bits per heavy atom. The molecule has 0 saturated heterocycles. The van der Waals surface area contributed by atoms with Crippen LogP contribution in [-0.4, -0.2) is 0 Å². The molecule has 0 amide bonds. The number of hydrogen-bond donors (Lipinski definition) is 0. The molecule has 0 fully saturated rings. The maximum atomic E-state index is 2.35. The standard InChI is InChI=1S/C15H20/c1-4-12-9-10-13(5-2)15-11(3)7-6-8-14(12)15/h6,8-11H,4-5,7H2,1-3H3. The van der Waals surface area contributed by atoms with E-state index in [-0.39, 0.29) is 0 Å². The van der Waals surface area contributed by atoms with Crippen molar-refractivity contribution in [3.8, 4) is 0 Å². The smallest absolute Gasteiger partial charge is 0.0147 e. The molecule has 0 radical (unpaired) electrons. The third-order valence-corrected chi connectivity index (χ3v) is 3.50. The summed E-state index contributed by atoms with van der Waals surface area (Å²) < 4.78 is 0. The molecule has 15 heavy (non-hydrogen) atoms. The first kappa shape index (κ1) is 10.5. The Labute approximate surface area is 93.0 Å². The van der Waals surface area contributed by atoms with E-state index in [4.69, 9.17) is 0 Å². The van der Waals surface area contributed by atoms with Crippen LogP contribution in [-0.2, 0) is 12.8 Å².